The Morgan fingerprint density at radius 1 is 0.453 bits per heavy atom. The van der Waals surface area contributed by atoms with Crippen LogP contribution in [0.1, 0.15) is 97.2 Å². The highest BCUT2D eigenvalue weighted by molar-refractivity contribution is 5.86. The molecule has 0 saturated carbocycles. The van der Waals surface area contributed by atoms with Gasteiger partial charge in [0.15, 0.2) is 0 Å². The largest absolute Gasteiger partial charge is 0.457 e. The van der Waals surface area contributed by atoms with Gasteiger partial charge in [0.25, 0.3) is 0 Å². The molecule has 53 heavy (non-hydrogen) atoms. The summed E-state index contributed by atoms with van der Waals surface area (Å²) in [6.45, 7) is 21.8. The molecule has 0 aliphatic heterocycles. The molecule has 270 valence electrons. The van der Waals surface area contributed by atoms with Gasteiger partial charge in [0, 0.05) is 22.5 Å². The molecule has 0 amide bonds. The highest BCUT2D eigenvalue weighted by Crippen LogP contribution is 2.57. The Balaban J connectivity index is 1.43. The lowest BCUT2D eigenvalue weighted by Gasteiger charge is -2.35. The topological polar surface area (TPSA) is 70.5 Å². The van der Waals surface area contributed by atoms with Crippen LogP contribution in [0.2, 0.25) is 0 Å². The SMILES string of the molecule is Cc1cc(C2(c3cc(C)c(Oc4ccc(N)cc4C(C)(C)C)c(C)c3)c3ccccc3-c3ccccc32)cc(C)c1Oc1ccc(N)cc1C(C)(C)C. The Labute approximate surface area is 315 Å². The molecular weight excluding hydrogens is 649 g/mol. The van der Waals surface area contributed by atoms with Crippen molar-refractivity contribution in [1.29, 1.82) is 0 Å². The summed E-state index contributed by atoms with van der Waals surface area (Å²) in [5, 5.41) is 0. The summed E-state index contributed by atoms with van der Waals surface area (Å²) in [5.41, 5.74) is 27.0. The van der Waals surface area contributed by atoms with Gasteiger partial charge < -0.3 is 20.9 Å². The fraction of sp³-hybridized carbons (Fsp3) is 0.265. The number of fused-ring (bicyclic) bond motifs is 3. The molecule has 0 unspecified atom stereocenters. The van der Waals surface area contributed by atoms with Gasteiger partial charge >= 0.3 is 0 Å². The van der Waals surface area contributed by atoms with E-state index in [1.54, 1.807) is 0 Å². The number of nitrogens with two attached hydrogens (primary N) is 2. The van der Waals surface area contributed by atoms with Crippen LogP contribution < -0.4 is 20.9 Å². The first-order valence-corrected chi connectivity index (χ1v) is 18.6. The highest BCUT2D eigenvalue weighted by atomic mass is 16.5. The molecule has 0 aromatic heterocycles. The summed E-state index contributed by atoms with van der Waals surface area (Å²) in [7, 11) is 0. The number of nitrogen functional groups attached to an aromatic ring is 2. The second-order valence-corrected chi connectivity index (χ2v) is 16.9. The number of hydrogen-bond donors (Lipinski definition) is 2. The maximum atomic E-state index is 6.82. The molecule has 1 aliphatic carbocycles. The van der Waals surface area contributed by atoms with E-state index >= 15 is 0 Å². The van der Waals surface area contributed by atoms with Gasteiger partial charge in [0.05, 0.1) is 5.41 Å². The van der Waals surface area contributed by atoms with E-state index < -0.39 is 5.41 Å². The normalized spacial score (nSPS) is 13.4. The number of rotatable bonds is 6. The number of hydrogen-bond acceptors (Lipinski definition) is 4. The zero-order valence-corrected chi connectivity index (χ0v) is 32.9. The minimum atomic E-state index is -0.579. The van der Waals surface area contributed by atoms with Gasteiger partial charge in [-0.1, -0.05) is 114 Å². The second kappa shape index (κ2) is 12.9. The lowest BCUT2D eigenvalue weighted by molar-refractivity contribution is 0.449. The van der Waals surface area contributed by atoms with Crippen molar-refractivity contribution in [1.82, 2.24) is 0 Å². The first kappa shape index (κ1) is 35.9. The van der Waals surface area contributed by atoms with Crippen LogP contribution in [0.3, 0.4) is 0 Å². The van der Waals surface area contributed by atoms with Crippen molar-refractivity contribution < 1.29 is 9.47 Å². The molecule has 0 fully saturated rings. The van der Waals surface area contributed by atoms with E-state index in [1.165, 1.54) is 33.4 Å². The molecule has 0 bridgehead atoms. The first-order valence-electron chi connectivity index (χ1n) is 18.6. The van der Waals surface area contributed by atoms with E-state index in [1.807, 2.05) is 36.4 Å². The van der Waals surface area contributed by atoms with E-state index in [0.717, 1.165) is 67.8 Å². The van der Waals surface area contributed by atoms with Crippen molar-refractivity contribution in [2.45, 2.75) is 85.5 Å². The van der Waals surface area contributed by atoms with Crippen LogP contribution in [0.4, 0.5) is 11.4 Å². The van der Waals surface area contributed by atoms with Crippen molar-refractivity contribution in [3.05, 3.63) is 165 Å². The monoisotopic (exact) mass is 700 g/mol. The first-order chi connectivity index (χ1) is 25.0. The van der Waals surface area contributed by atoms with Crippen molar-refractivity contribution >= 4 is 11.4 Å². The quantitative estimate of drug-likeness (QED) is 0.169. The fourth-order valence-electron chi connectivity index (χ4n) is 8.34. The van der Waals surface area contributed by atoms with Gasteiger partial charge in [-0.15, -0.1) is 0 Å². The number of benzene rings is 6. The van der Waals surface area contributed by atoms with Crippen molar-refractivity contribution in [3.8, 4) is 34.1 Å². The van der Waals surface area contributed by atoms with Gasteiger partial charge in [-0.05, 0) is 131 Å². The highest BCUT2D eigenvalue weighted by Gasteiger charge is 2.46. The number of anilines is 2. The molecule has 6 aromatic rings. The molecule has 4 N–H and O–H groups in total. The van der Waals surface area contributed by atoms with Crippen LogP contribution in [0, 0.1) is 27.7 Å². The smallest absolute Gasteiger partial charge is 0.133 e. The van der Waals surface area contributed by atoms with Gasteiger partial charge in [0.1, 0.15) is 23.0 Å². The second-order valence-electron chi connectivity index (χ2n) is 16.9. The van der Waals surface area contributed by atoms with Crippen LogP contribution in [0.25, 0.3) is 11.1 Å². The van der Waals surface area contributed by atoms with Gasteiger partial charge in [0.2, 0.25) is 0 Å². The standard InChI is InChI=1S/C49H52N2O2/c1-29-23-33(24-30(2)45(29)52-43-21-19-35(50)27-41(43)47(5,6)7)49(39-17-13-11-15-37(39)38-16-12-14-18-40(38)49)34-25-31(3)46(32(4)26-34)53-44-22-20-36(51)28-42(44)48(8,9)10/h11-28H,50-51H2,1-10H3. The fourth-order valence-corrected chi connectivity index (χ4v) is 8.34. The lowest BCUT2D eigenvalue weighted by atomic mass is 9.66. The Morgan fingerprint density at radius 3 is 1.13 bits per heavy atom. The average molecular weight is 701 g/mol. The maximum absolute atomic E-state index is 6.82. The summed E-state index contributed by atoms with van der Waals surface area (Å²) in [6, 6.07) is 38.9. The third-order valence-corrected chi connectivity index (χ3v) is 10.8. The molecular formula is C49H52N2O2. The van der Waals surface area contributed by atoms with Crippen molar-refractivity contribution in [2.75, 3.05) is 11.5 Å². The summed E-state index contributed by atoms with van der Waals surface area (Å²) in [5.74, 6) is 3.39. The number of ether oxygens (including phenoxy) is 2. The predicted molar refractivity (Wildman–Crippen MR) is 222 cm³/mol. The van der Waals surface area contributed by atoms with E-state index in [2.05, 4.69) is 142 Å². The number of aryl methyl sites for hydroxylation is 4. The van der Waals surface area contributed by atoms with Crippen LogP contribution in [-0.4, -0.2) is 0 Å². The molecule has 0 radical (unpaired) electrons. The molecule has 0 atom stereocenters. The maximum Gasteiger partial charge on any atom is 0.133 e. The molecule has 0 heterocycles. The van der Waals surface area contributed by atoms with Crippen LogP contribution in [-0.2, 0) is 16.2 Å². The third kappa shape index (κ3) is 6.14. The molecule has 4 nitrogen and oxygen atoms in total. The van der Waals surface area contributed by atoms with Gasteiger partial charge in [-0.25, -0.2) is 0 Å². The molecule has 0 spiro atoms. The van der Waals surface area contributed by atoms with Crippen LogP contribution in [0.15, 0.2) is 109 Å². The molecule has 4 heteroatoms. The Morgan fingerprint density at radius 2 is 0.792 bits per heavy atom. The summed E-state index contributed by atoms with van der Waals surface area (Å²) < 4.78 is 13.6. The van der Waals surface area contributed by atoms with E-state index in [4.69, 9.17) is 20.9 Å². The van der Waals surface area contributed by atoms with Crippen LogP contribution in [0.5, 0.6) is 23.0 Å². The van der Waals surface area contributed by atoms with E-state index in [9.17, 15) is 0 Å². The molecule has 0 saturated heterocycles. The molecule has 6 aromatic carbocycles. The lowest BCUT2D eigenvalue weighted by Crippen LogP contribution is -2.29. The summed E-state index contributed by atoms with van der Waals surface area (Å²) >= 11 is 0. The zero-order valence-electron chi connectivity index (χ0n) is 32.9. The third-order valence-electron chi connectivity index (χ3n) is 10.8. The Kier molecular flexibility index (Phi) is 8.72. The van der Waals surface area contributed by atoms with E-state index in [0.29, 0.717) is 0 Å². The van der Waals surface area contributed by atoms with Crippen LogP contribution >= 0.6 is 0 Å². The van der Waals surface area contributed by atoms with Crippen molar-refractivity contribution in [2.24, 2.45) is 0 Å². The Bertz CT molecular complexity index is 2170. The minimum Gasteiger partial charge on any atom is -0.457 e. The van der Waals surface area contributed by atoms with Gasteiger partial charge in [-0.3, -0.25) is 0 Å². The summed E-state index contributed by atoms with van der Waals surface area (Å²) in [4.78, 5) is 0. The van der Waals surface area contributed by atoms with E-state index in [-0.39, 0.29) is 10.8 Å². The van der Waals surface area contributed by atoms with Gasteiger partial charge in [-0.2, -0.15) is 0 Å². The van der Waals surface area contributed by atoms with Crippen molar-refractivity contribution in [3.63, 3.8) is 0 Å². The Hall–Kier alpha value is -5.48. The minimum absolute atomic E-state index is 0.137. The molecule has 7 rings (SSSR count). The average Bonchev–Trinajstić information content (AvgIpc) is 3.39. The summed E-state index contributed by atoms with van der Waals surface area (Å²) in [6.07, 6.45) is 0. The molecule has 1 aliphatic rings. The predicted octanol–water partition coefficient (Wildman–Crippen LogP) is 12.6. The zero-order chi connectivity index (χ0) is 38.0.